The lowest BCUT2D eigenvalue weighted by Crippen LogP contribution is -2.35. The minimum Gasteiger partial charge on any atom is -0.256 e. The fourth-order valence-electron chi connectivity index (χ4n) is 3.07. The molecule has 2 aromatic carbocycles. The minimum atomic E-state index is -3.38. The van der Waals surface area contributed by atoms with E-state index in [4.69, 9.17) is 0 Å². The standard InChI is InChI=1S/C20H24N2O2S/c1-16-6-7-18(17(2)14-16)15-21-19-8-10-20(11-9-19)25(23,24)22-12-4-3-5-13-22/h6-11,14-15H,3-5,12-13H2,1-2H3. The summed E-state index contributed by atoms with van der Waals surface area (Å²) in [7, 11) is -3.38. The van der Waals surface area contributed by atoms with Crippen LogP contribution in [0.3, 0.4) is 0 Å². The van der Waals surface area contributed by atoms with Crippen LogP contribution in [0, 0.1) is 13.8 Å². The molecule has 4 nitrogen and oxygen atoms in total. The van der Waals surface area contributed by atoms with Gasteiger partial charge < -0.3 is 0 Å². The summed E-state index contributed by atoms with van der Waals surface area (Å²) >= 11 is 0. The van der Waals surface area contributed by atoms with Crippen molar-refractivity contribution in [1.29, 1.82) is 0 Å². The van der Waals surface area contributed by atoms with Gasteiger partial charge in [0.2, 0.25) is 10.0 Å². The lowest BCUT2D eigenvalue weighted by atomic mass is 10.1. The Kier molecular flexibility index (Phi) is 5.35. The number of nitrogens with zero attached hydrogens (tertiary/aromatic N) is 2. The number of aryl methyl sites for hydroxylation is 2. The van der Waals surface area contributed by atoms with E-state index in [2.05, 4.69) is 31.0 Å². The minimum absolute atomic E-state index is 0.347. The third-order valence-electron chi connectivity index (χ3n) is 4.57. The monoisotopic (exact) mass is 356 g/mol. The predicted molar refractivity (Wildman–Crippen MR) is 102 cm³/mol. The summed E-state index contributed by atoms with van der Waals surface area (Å²) in [5.74, 6) is 0. The SMILES string of the molecule is Cc1ccc(C=Nc2ccc(S(=O)(=O)N3CCCCC3)cc2)c(C)c1. The zero-order valence-corrected chi connectivity index (χ0v) is 15.6. The topological polar surface area (TPSA) is 49.7 Å². The molecule has 3 rings (SSSR count). The average molecular weight is 356 g/mol. The molecule has 132 valence electrons. The Morgan fingerprint density at radius 2 is 1.64 bits per heavy atom. The summed E-state index contributed by atoms with van der Waals surface area (Å²) in [6.45, 7) is 5.36. The molecule has 0 N–H and O–H groups in total. The van der Waals surface area contributed by atoms with Crippen LogP contribution in [0.1, 0.15) is 36.0 Å². The maximum absolute atomic E-state index is 12.6. The summed E-state index contributed by atoms with van der Waals surface area (Å²) in [6.07, 6.45) is 4.82. The molecule has 1 aliphatic heterocycles. The Labute approximate surface area is 150 Å². The first-order chi connectivity index (χ1) is 12.0. The molecular formula is C20H24N2O2S. The number of aliphatic imine (C=N–C) groups is 1. The first-order valence-electron chi connectivity index (χ1n) is 8.68. The van der Waals surface area contributed by atoms with Crippen LogP contribution >= 0.6 is 0 Å². The quantitative estimate of drug-likeness (QED) is 0.770. The molecule has 1 fully saturated rings. The van der Waals surface area contributed by atoms with Crippen LogP contribution in [-0.2, 0) is 10.0 Å². The highest BCUT2D eigenvalue weighted by atomic mass is 32.2. The van der Waals surface area contributed by atoms with Crippen molar-refractivity contribution in [3.8, 4) is 0 Å². The van der Waals surface area contributed by atoms with Gasteiger partial charge in [-0.25, -0.2) is 8.42 Å². The second-order valence-electron chi connectivity index (χ2n) is 6.58. The fraction of sp³-hybridized carbons (Fsp3) is 0.350. The Morgan fingerprint density at radius 1 is 0.960 bits per heavy atom. The predicted octanol–water partition coefficient (Wildman–Crippen LogP) is 4.23. The molecule has 0 spiro atoms. The average Bonchev–Trinajstić information content (AvgIpc) is 2.62. The highest BCUT2D eigenvalue weighted by Gasteiger charge is 2.25. The third-order valence-corrected chi connectivity index (χ3v) is 6.48. The number of rotatable bonds is 4. The molecule has 5 heteroatoms. The van der Waals surface area contributed by atoms with Gasteiger partial charge >= 0.3 is 0 Å². The van der Waals surface area contributed by atoms with Crippen LogP contribution in [0.2, 0.25) is 0 Å². The molecule has 2 aromatic rings. The lowest BCUT2D eigenvalue weighted by molar-refractivity contribution is 0.346. The van der Waals surface area contributed by atoms with E-state index in [1.165, 1.54) is 11.1 Å². The number of piperidine rings is 1. The summed E-state index contributed by atoms with van der Waals surface area (Å²) < 4.78 is 26.9. The van der Waals surface area contributed by atoms with Gasteiger partial charge in [-0.3, -0.25) is 4.99 Å². The fourth-order valence-corrected chi connectivity index (χ4v) is 4.59. The van der Waals surface area contributed by atoms with Crippen LogP contribution in [-0.4, -0.2) is 32.0 Å². The van der Waals surface area contributed by atoms with E-state index < -0.39 is 10.0 Å². The molecule has 0 aromatic heterocycles. The van der Waals surface area contributed by atoms with Crippen LogP contribution < -0.4 is 0 Å². The van der Waals surface area contributed by atoms with E-state index in [1.54, 1.807) is 28.6 Å². The molecule has 25 heavy (non-hydrogen) atoms. The van der Waals surface area contributed by atoms with Gasteiger partial charge in [0.15, 0.2) is 0 Å². The van der Waals surface area contributed by atoms with Gasteiger partial charge in [-0.15, -0.1) is 0 Å². The second-order valence-corrected chi connectivity index (χ2v) is 8.51. The molecule has 0 radical (unpaired) electrons. The molecule has 0 atom stereocenters. The smallest absolute Gasteiger partial charge is 0.243 e. The molecule has 1 saturated heterocycles. The summed E-state index contributed by atoms with van der Waals surface area (Å²) in [5, 5.41) is 0. The van der Waals surface area contributed by atoms with Crippen LogP contribution in [0.4, 0.5) is 5.69 Å². The highest BCUT2D eigenvalue weighted by molar-refractivity contribution is 7.89. The molecule has 1 heterocycles. The molecule has 0 saturated carbocycles. The van der Waals surface area contributed by atoms with Gasteiger partial charge in [-0.1, -0.05) is 30.2 Å². The number of benzene rings is 2. The van der Waals surface area contributed by atoms with E-state index in [-0.39, 0.29) is 0 Å². The summed E-state index contributed by atoms with van der Waals surface area (Å²) in [6, 6.07) is 13.0. The first-order valence-corrected chi connectivity index (χ1v) is 10.1. The normalized spacial score (nSPS) is 16.4. The number of sulfonamides is 1. The Balaban J connectivity index is 1.76. The second kappa shape index (κ2) is 7.50. The van der Waals surface area contributed by atoms with Gasteiger partial charge in [0.1, 0.15) is 0 Å². The van der Waals surface area contributed by atoms with Crippen molar-refractivity contribution in [2.75, 3.05) is 13.1 Å². The van der Waals surface area contributed by atoms with Crippen molar-refractivity contribution >= 4 is 21.9 Å². The van der Waals surface area contributed by atoms with Crippen molar-refractivity contribution in [2.24, 2.45) is 4.99 Å². The molecule has 0 amide bonds. The highest BCUT2D eigenvalue weighted by Crippen LogP contribution is 2.23. The van der Waals surface area contributed by atoms with Gasteiger partial charge in [0.25, 0.3) is 0 Å². The zero-order valence-electron chi connectivity index (χ0n) is 14.8. The van der Waals surface area contributed by atoms with Crippen LogP contribution in [0.25, 0.3) is 0 Å². The van der Waals surface area contributed by atoms with Crippen molar-refractivity contribution in [3.05, 3.63) is 59.2 Å². The van der Waals surface area contributed by atoms with E-state index in [1.807, 2.05) is 12.3 Å². The Hall–Kier alpha value is -1.98. The number of hydrogen-bond acceptors (Lipinski definition) is 3. The Bertz CT molecular complexity index is 865. The van der Waals surface area contributed by atoms with Gasteiger partial charge in [0, 0.05) is 19.3 Å². The van der Waals surface area contributed by atoms with E-state index in [0.29, 0.717) is 18.0 Å². The zero-order chi connectivity index (χ0) is 17.9. The van der Waals surface area contributed by atoms with Crippen molar-refractivity contribution in [2.45, 2.75) is 38.0 Å². The molecule has 0 unspecified atom stereocenters. The molecule has 1 aliphatic rings. The molecule has 0 bridgehead atoms. The Morgan fingerprint density at radius 3 is 2.28 bits per heavy atom. The largest absolute Gasteiger partial charge is 0.256 e. The number of hydrogen-bond donors (Lipinski definition) is 0. The molecular weight excluding hydrogens is 332 g/mol. The van der Waals surface area contributed by atoms with E-state index in [9.17, 15) is 8.42 Å². The van der Waals surface area contributed by atoms with Gasteiger partial charge in [0.05, 0.1) is 10.6 Å². The third kappa shape index (κ3) is 4.17. The first kappa shape index (κ1) is 17.8. The van der Waals surface area contributed by atoms with Crippen molar-refractivity contribution < 1.29 is 8.42 Å². The molecule has 0 aliphatic carbocycles. The van der Waals surface area contributed by atoms with Crippen LogP contribution in [0.5, 0.6) is 0 Å². The lowest BCUT2D eigenvalue weighted by Gasteiger charge is -2.25. The van der Waals surface area contributed by atoms with Gasteiger partial charge in [-0.2, -0.15) is 4.31 Å². The van der Waals surface area contributed by atoms with Crippen molar-refractivity contribution in [1.82, 2.24) is 4.31 Å². The maximum atomic E-state index is 12.6. The summed E-state index contributed by atoms with van der Waals surface area (Å²) in [5.41, 5.74) is 4.21. The maximum Gasteiger partial charge on any atom is 0.243 e. The van der Waals surface area contributed by atoms with E-state index >= 15 is 0 Å². The van der Waals surface area contributed by atoms with E-state index in [0.717, 1.165) is 30.5 Å². The van der Waals surface area contributed by atoms with Crippen LogP contribution in [0.15, 0.2) is 52.4 Å². The van der Waals surface area contributed by atoms with Gasteiger partial charge in [-0.05, 0) is 62.1 Å². The van der Waals surface area contributed by atoms with Crippen molar-refractivity contribution in [3.63, 3.8) is 0 Å². The summed E-state index contributed by atoms with van der Waals surface area (Å²) in [4.78, 5) is 4.82.